The molecule has 0 amide bonds. The van der Waals surface area contributed by atoms with Crippen molar-refractivity contribution in [2.24, 2.45) is 0 Å². The fraction of sp³-hybridized carbons (Fsp3) is 0.0667. The first-order valence-corrected chi connectivity index (χ1v) is 6.26. The van der Waals surface area contributed by atoms with Gasteiger partial charge in [-0.15, -0.1) is 0 Å². The molecule has 0 bridgehead atoms. The summed E-state index contributed by atoms with van der Waals surface area (Å²) in [6.07, 6.45) is 1.70. The second kappa shape index (κ2) is 4.82. The number of carboxylic acids is 1. The molecule has 0 radical (unpaired) electrons. The Morgan fingerprint density at radius 1 is 1.33 bits per heavy atom. The molecule has 0 saturated heterocycles. The van der Waals surface area contributed by atoms with E-state index < -0.39 is 5.97 Å². The fourth-order valence-corrected chi connectivity index (χ4v) is 2.28. The molecule has 0 fully saturated rings. The van der Waals surface area contributed by atoms with E-state index >= 15 is 0 Å². The Labute approximate surface area is 120 Å². The second-order valence-corrected chi connectivity index (χ2v) is 4.50. The first-order chi connectivity index (χ1) is 10.1. The SMILES string of the molecule is COc1ccccc1-c1nc(C(=O)O)c2cc(N)ccn12. The van der Waals surface area contributed by atoms with Crippen molar-refractivity contribution >= 4 is 17.2 Å². The summed E-state index contributed by atoms with van der Waals surface area (Å²) >= 11 is 0. The highest BCUT2D eigenvalue weighted by Gasteiger charge is 2.19. The number of nitrogen functional groups attached to an aromatic ring is 1. The number of carboxylic acid groups (broad SMARTS) is 1. The van der Waals surface area contributed by atoms with Crippen LogP contribution in [0, 0.1) is 0 Å². The lowest BCUT2D eigenvalue weighted by Crippen LogP contribution is -1.97. The van der Waals surface area contributed by atoms with Gasteiger partial charge in [-0.25, -0.2) is 9.78 Å². The van der Waals surface area contributed by atoms with Gasteiger partial charge in [0.05, 0.1) is 18.2 Å². The van der Waals surface area contributed by atoms with Crippen LogP contribution in [0.2, 0.25) is 0 Å². The molecule has 3 N–H and O–H groups in total. The number of fused-ring (bicyclic) bond motifs is 1. The Balaban J connectivity index is 2.36. The number of nitrogens with zero attached hydrogens (tertiary/aromatic N) is 2. The van der Waals surface area contributed by atoms with E-state index in [9.17, 15) is 9.90 Å². The fourth-order valence-electron chi connectivity index (χ4n) is 2.28. The van der Waals surface area contributed by atoms with Crippen LogP contribution in [0.4, 0.5) is 5.69 Å². The molecule has 2 heterocycles. The molecule has 0 atom stereocenters. The maximum absolute atomic E-state index is 11.4. The van der Waals surface area contributed by atoms with Crippen LogP contribution in [0.15, 0.2) is 42.6 Å². The minimum atomic E-state index is -1.10. The molecule has 0 saturated carbocycles. The number of nitrogens with two attached hydrogens (primary N) is 1. The predicted octanol–water partition coefficient (Wildman–Crippen LogP) is 2.29. The normalized spacial score (nSPS) is 10.7. The zero-order valence-corrected chi connectivity index (χ0v) is 11.3. The van der Waals surface area contributed by atoms with Gasteiger partial charge < -0.3 is 15.6 Å². The lowest BCUT2D eigenvalue weighted by molar-refractivity contribution is 0.0693. The van der Waals surface area contributed by atoms with Gasteiger partial charge >= 0.3 is 5.97 Å². The van der Waals surface area contributed by atoms with E-state index in [1.165, 1.54) is 0 Å². The molecule has 0 unspecified atom stereocenters. The summed E-state index contributed by atoms with van der Waals surface area (Å²) in [6, 6.07) is 10.6. The van der Waals surface area contributed by atoms with Crippen molar-refractivity contribution in [2.75, 3.05) is 12.8 Å². The number of aromatic carboxylic acids is 1. The lowest BCUT2D eigenvalue weighted by Gasteiger charge is -2.07. The Morgan fingerprint density at radius 2 is 2.10 bits per heavy atom. The third-order valence-corrected chi connectivity index (χ3v) is 3.22. The van der Waals surface area contributed by atoms with Crippen LogP contribution in [0.1, 0.15) is 10.5 Å². The maximum atomic E-state index is 11.4. The van der Waals surface area contributed by atoms with E-state index in [1.54, 1.807) is 35.9 Å². The number of benzene rings is 1. The van der Waals surface area contributed by atoms with Gasteiger partial charge in [0.15, 0.2) is 5.69 Å². The number of anilines is 1. The number of ether oxygens (including phenoxy) is 1. The standard InChI is InChI=1S/C15H13N3O3/c1-21-12-5-3-2-4-10(12)14-17-13(15(19)20)11-8-9(16)6-7-18(11)14/h2-8H,16H2,1H3,(H,19,20). The third kappa shape index (κ3) is 2.06. The zero-order valence-electron chi connectivity index (χ0n) is 11.3. The van der Waals surface area contributed by atoms with Crippen molar-refractivity contribution in [3.8, 4) is 17.1 Å². The van der Waals surface area contributed by atoms with Gasteiger partial charge in [-0.3, -0.25) is 4.40 Å². The number of hydrogen-bond donors (Lipinski definition) is 2. The molecule has 1 aromatic carbocycles. The smallest absolute Gasteiger partial charge is 0.356 e. The quantitative estimate of drug-likeness (QED) is 0.769. The molecule has 106 valence electrons. The first-order valence-electron chi connectivity index (χ1n) is 6.26. The van der Waals surface area contributed by atoms with Gasteiger partial charge in [-0.05, 0) is 24.3 Å². The Kier molecular flexibility index (Phi) is 2.98. The summed E-state index contributed by atoms with van der Waals surface area (Å²) in [7, 11) is 1.56. The van der Waals surface area contributed by atoms with Crippen LogP contribution in [0.25, 0.3) is 16.9 Å². The Morgan fingerprint density at radius 3 is 2.81 bits per heavy atom. The monoisotopic (exact) mass is 283 g/mol. The molecule has 21 heavy (non-hydrogen) atoms. The van der Waals surface area contributed by atoms with Gasteiger partial charge in [0.25, 0.3) is 0 Å². The zero-order chi connectivity index (χ0) is 15.0. The number of hydrogen-bond acceptors (Lipinski definition) is 4. The molecular weight excluding hydrogens is 270 g/mol. The van der Waals surface area contributed by atoms with Crippen molar-refractivity contribution in [2.45, 2.75) is 0 Å². The van der Waals surface area contributed by atoms with Gasteiger partial charge in [0, 0.05) is 11.9 Å². The van der Waals surface area contributed by atoms with Crippen LogP contribution < -0.4 is 10.5 Å². The molecule has 2 aromatic heterocycles. The molecule has 0 aliphatic heterocycles. The van der Waals surface area contributed by atoms with Crippen LogP contribution in [0.3, 0.4) is 0 Å². The number of pyridine rings is 1. The van der Waals surface area contributed by atoms with Crippen LogP contribution in [0.5, 0.6) is 5.75 Å². The minimum Gasteiger partial charge on any atom is -0.496 e. The second-order valence-electron chi connectivity index (χ2n) is 4.50. The molecule has 6 heteroatoms. The molecule has 0 aliphatic rings. The van der Waals surface area contributed by atoms with Crippen molar-refractivity contribution in [3.05, 3.63) is 48.3 Å². The van der Waals surface area contributed by atoms with Gasteiger partial charge in [-0.1, -0.05) is 12.1 Å². The number of aromatic nitrogens is 2. The van der Waals surface area contributed by atoms with Crippen molar-refractivity contribution in [1.82, 2.24) is 9.38 Å². The Bertz CT molecular complexity index is 839. The highest BCUT2D eigenvalue weighted by atomic mass is 16.5. The van der Waals surface area contributed by atoms with Crippen LogP contribution in [-0.4, -0.2) is 27.6 Å². The molecule has 0 spiro atoms. The van der Waals surface area contributed by atoms with E-state index in [2.05, 4.69) is 4.98 Å². The molecule has 3 rings (SSSR count). The van der Waals surface area contributed by atoms with E-state index in [1.807, 2.05) is 18.2 Å². The van der Waals surface area contributed by atoms with E-state index in [4.69, 9.17) is 10.5 Å². The van der Waals surface area contributed by atoms with Crippen LogP contribution >= 0.6 is 0 Å². The number of rotatable bonds is 3. The van der Waals surface area contributed by atoms with Gasteiger partial charge in [0.2, 0.25) is 0 Å². The number of carbonyl (C=O) groups is 1. The highest BCUT2D eigenvalue weighted by Crippen LogP contribution is 2.31. The molecular formula is C15H13N3O3. The van der Waals surface area contributed by atoms with Crippen LogP contribution in [-0.2, 0) is 0 Å². The summed E-state index contributed by atoms with van der Waals surface area (Å²) in [5.74, 6) is 0.0252. The van der Waals surface area contributed by atoms with Crippen molar-refractivity contribution in [3.63, 3.8) is 0 Å². The lowest BCUT2D eigenvalue weighted by atomic mass is 10.2. The van der Waals surface area contributed by atoms with Gasteiger partial charge in [0.1, 0.15) is 11.6 Å². The third-order valence-electron chi connectivity index (χ3n) is 3.22. The van der Waals surface area contributed by atoms with E-state index in [0.29, 0.717) is 28.3 Å². The predicted molar refractivity (Wildman–Crippen MR) is 78.6 cm³/mol. The maximum Gasteiger partial charge on any atom is 0.356 e. The van der Waals surface area contributed by atoms with E-state index in [-0.39, 0.29) is 5.69 Å². The van der Waals surface area contributed by atoms with Crippen molar-refractivity contribution < 1.29 is 14.6 Å². The molecule has 0 aliphatic carbocycles. The number of methoxy groups -OCH3 is 1. The number of imidazole rings is 1. The largest absolute Gasteiger partial charge is 0.496 e. The average molecular weight is 283 g/mol. The summed E-state index contributed by atoms with van der Waals surface area (Å²) in [6.45, 7) is 0. The topological polar surface area (TPSA) is 89.8 Å². The summed E-state index contributed by atoms with van der Waals surface area (Å²) < 4.78 is 7.01. The number of para-hydroxylation sites is 1. The molecule has 3 aromatic rings. The average Bonchev–Trinajstić information content (AvgIpc) is 2.85. The van der Waals surface area contributed by atoms with E-state index in [0.717, 1.165) is 0 Å². The molecule has 6 nitrogen and oxygen atoms in total. The summed E-state index contributed by atoms with van der Waals surface area (Å²) in [5.41, 5.74) is 7.35. The van der Waals surface area contributed by atoms with Gasteiger partial charge in [-0.2, -0.15) is 0 Å². The Hall–Kier alpha value is -3.02. The summed E-state index contributed by atoms with van der Waals surface area (Å²) in [5, 5.41) is 9.31. The van der Waals surface area contributed by atoms with Crippen molar-refractivity contribution in [1.29, 1.82) is 0 Å². The highest BCUT2D eigenvalue weighted by molar-refractivity contribution is 5.95. The first kappa shape index (κ1) is 13.0. The summed E-state index contributed by atoms with van der Waals surface area (Å²) in [4.78, 5) is 15.6. The minimum absolute atomic E-state index is 0.0387.